The van der Waals surface area contributed by atoms with E-state index in [0.29, 0.717) is 16.9 Å². The Balaban J connectivity index is 1.12. The van der Waals surface area contributed by atoms with E-state index in [2.05, 4.69) is 242 Å². The van der Waals surface area contributed by atoms with Gasteiger partial charge in [-0.3, -0.25) is 0 Å². The van der Waals surface area contributed by atoms with Crippen LogP contribution in [-0.2, 0) is 16.2 Å². The summed E-state index contributed by atoms with van der Waals surface area (Å²) in [6.07, 6.45) is 0. The van der Waals surface area contributed by atoms with Crippen LogP contribution in [0.3, 0.4) is 0 Å². The molecule has 0 unspecified atom stereocenters. The number of anilines is 3. The lowest BCUT2D eigenvalue weighted by Gasteiger charge is -2.41. The lowest BCUT2D eigenvalue weighted by atomic mass is 9.34. The average Bonchev–Trinajstić information content (AvgIpc) is 4.31. The minimum atomic E-state index is -0.366. The highest BCUT2D eigenvalue weighted by molar-refractivity contribution is 7.00. The molecule has 3 aromatic heterocycles. The second-order valence-corrected chi connectivity index (χ2v) is 25.2. The van der Waals surface area contributed by atoms with E-state index in [0.717, 1.165) is 127 Å². The van der Waals surface area contributed by atoms with Gasteiger partial charge in [0, 0.05) is 60.4 Å². The molecule has 0 saturated carbocycles. The molecule has 2 aliphatic heterocycles. The number of fused-ring (bicyclic) bond motifs is 16. The van der Waals surface area contributed by atoms with Gasteiger partial charge in [-0.05, 0) is 133 Å². The number of para-hydroxylation sites is 3. The van der Waals surface area contributed by atoms with E-state index >= 15 is 0 Å². The van der Waals surface area contributed by atoms with Crippen LogP contribution >= 0.6 is 0 Å². The molecule has 2 aliphatic rings. The molecule has 5 heterocycles. The summed E-state index contributed by atoms with van der Waals surface area (Å²) in [5, 5.41) is 16.3. The predicted molar refractivity (Wildman–Crippen MR) is 333 cm³/mol. The van der Waals surface area contributed by atoms with Gasteiger partial charge in [0.25, 0.3) is 6.71 Å². The molecule has 10 aromatic carbocycles. The largest absolute Gasteiger partial charge is 0.456 e. The number of hydrogen-bond acceptors (Lipinski definition) is 5. The van der Waals surface area contributed by atoms with Gasteiger partial charge < -0.3 is 23.0 Å². The van der Waals surface area contributed by atoms with Gasteiger partial charge in [0.1, 0.15) is 22.5 Å². The number of aromatic nitrogens is 1. The first-order chi connectivity index (χ1) is 38.5. The number of furan rings is 2. The fourth-order valence-electron chi connectivity index (χ4n) is 13.0. The van der Waals surface area contributed by atoms with Crippen LogP contribution in [0.5, 0.6) is 11.5 Å². The molecule has 15 rings (SSSR count). The van der Waals surface area contributed by atoms with E-state index in [4.69, 9.17) is 13.6 Å². The van der Waals surface area contributed by atoms with E-state index in [1.807, 2.05) is 24.3 Å². The molecule has 0 spiro atoms. The Labute approximate surface area is 466 Å². The fraction of sp³-hybridized carbons (Fsp3) is 0.164. The SMILES string of the molecule is CC(C)(C)c1cc(-c2cc3c4c(c2)N(c2ccc(C(C)(C)C)cc2-c2ccccc2)c2cc(-n5c6ccccc6c6cc(C#N)ccc65)ccc2B4c2c(c4oc5ccccc5c4c4c2oc2ccccc24)O3)cc(C(C)(C)C)c1. The molecular formula is C73H58BN3O3. The second kappa shape index (κ2) is 16.9. The van der Waals surface area contributed by atoms with Crippen molar-refractivity contribution in [2.24, 2.45) is 0 Å². The summed E-state index contributed by atoms with van der Waals surface area (Å²) in [4.78, 5) is 2.52. The van der Waals surface area contributed by atoms with Crippen molar-refractivity contribution < 1.29 is 13.6 Å². The summed E-state index contributed by atoms with van der Waals surface area (Å²) in [6.45, 7) is 20.3. The maximum Gasteiger partial charge on any atom is 0.261 e. The van der Waals surface area contributed by atoms with E-state index in [1.54, 1.807) is 0 Å². The van der Waals surface area contributed by atoms with Gasteiger partial charge in [-0.25, -0.2) is 0 Å². The molecule has 0 radical (unpaired) electrons. The predicted octanol–water partition coefficient (Wildman–Crippen LogP) is 18.1. The van der Waals surface area contributed by atoms with E-state index in [-0.39, 0.29) is 23.0 Å². The molecule has 386 valence electrons. The molecule has 0 amide bonds. The standard InChI is InChI=1S/C73H58BN3O3/c1-71(2,3)46-28-32-57(53(39-46)43-19-11-10-12-20-43)77-59-40-49(76-56-24-16-13-21-50(56)54-33-42(41-75)27-31-58(54)76)29-30-55(59)74-66-60(77)36-45(44-34-47(72(4,5)6)38-48(35-44)73(7,8)9)37-63(66)80-70-67(74)68-64(51-22-14-17-25-61(51)78-68)65-52-23-15-18-26-62(52)79-69(65)70/h10-40H,1-9H3. The first-order valence-electron chi connectivity index (χ1n) is 27.9. The quantitative estimate of drug-likeness (QED) is 0.164. The van der Waals surface area contributed by atoms with Crippen LogP contribution in [0.25, 0.3) is 93.6 Å². The number of ether oxygens (including phenoxy) is 1. The molecule has 0 saturated heterocycles. The third kappa shape index (κ3) is 7.11. The molecule has 0 fully saturated rings. The number of rotatable bonds is 4. The number of benzene rings is 10. The maximum atomic E-state index is 10.2. The number of nitrogens with zero attached hydrogens (tertiary/aromatic N) is 3. The van der Waals surface area contributed by atoms with Gasteiger partial charge in [0.15, 0.2) is 11.3 Å². The Morgan fingerprint density at radius 2 is 1.06 bits per heavy atom. The van der Waals surface area contributed by atoms with Crippen molar-refractivity contribution >= 4 is 106 Å². The van der Waals surface area contributed by atoms with E-state index in [1.165, 1.54) is 16.7 Å². The lowest BCUT2D eigenvalue weighted by Crippen LogP contribution is -2.59. The topological polar surface area (TPSA) is 67.5 Å². The van der Waals surface area contributed by atoms with Crippen molar-refractivity contribution in [2.45, 2.75) is 78.6 Å². The van der Waals surface area contributed by atoms with Crippen molar-refractivity contribution in [3.8, 4) is 45.5 Å². The van der Waals surface area contributed by atoms with Gasteiger partial charge in [0.2, 0.25) is 0 Å². The zero-order valence-corrected chi connectivity index (χ0v) is 46.5. The highest BCUT2D eigenvalue weighted by atomic mass is 16.5. The third-order valence-electron chi connectivity index (χ3n) is 17.1. The third-order valence-corrected chi connectivity index (χ3v) is 17.1. The molecule has 6 nitrogen and oxygen atoms in total. The van der Waals surface area contributed by atoms with Crippen molar-refractivity contribution in [1.29, 1.82) is 5.26 Å². The zero-order valence-electron chi connectivity index (χ0n) is 46.5. The van der Waals surface area contributed by atoms with Crippen LogP contribution in [0.2, 0.25) is 0 Å². The zero-order chi connectivity index (χ0) is 54.7. The van der Waals surface area contributed by atoms with Gasteiger partial charge in [-0.2, -0.15) is 5.26 Å². The second-order valence-electron chi connectivity index (χ2n) is 25.2. The minimum absolute atomic E-state index is 0.117. The number of nitriles is 1. The smallest absolute Gasteiger partial charge is 0.261 e. The molecule has 0 N–H and O–H groups in total. The van der Waals surface area contributed by atoms with E-state index in [9.17, 15) is 5.26 Å². The molecule has 0 aliphatic carbocycles. The maximum absolute atomic E-state index is 10.2. The Kier molecular flexibility index (Phi) is 10.1. The molecular weight excluding hydrogens is 978 g/mol. The Bertz CT molecular complexity index is 4800. The van der Waals surface area contributed by atoms with Crippen LogP contribution in [0.4, 0.5) is 17.1 Å². The normalized spacial score (nSPS) is 13.3. The first kappa shape index (κ1) is 47.9. The van der Waals surface area contributed by atoms with Gasteiger partial charge in [-0.15, -0.1) is 0 Å². The monoisotopic (exact) mass is 1040 g/mol. The van der Waals surface area contributed by atoms with Crippen molar-refractivity contribution in [3.63, 3.8) is 0 Å². The van der Waals surface area contributed by atoms with Crippen molar-refractivity contribution in [2.75, 3.05) is 4.90 Å². The summed E-state index contributed by atoms with van der Waals surface area (Å²) >= 11 is 0. The van der Waals surface area contributed by atoms with Crippen LogP contribution in [0.1, 0.15) is 84.6 Å². The molecule has 80 heavy (non-hydrogen) atoms. The van der Waals surface area contributed by atoms with Crippen molar-refractivity contribution in [1.82, 2.24) is 4.57 Å². The summed E-state index contributed by atoms with van der Waals surface area (Å²) in [6, 6.07) is 70.5. The minimum Gasteiger partial charge on any atom is -0.456 e. The van der Waals surface area contributed by atoms with E-state index < -0.39 is 0 Å². The average molecular weight is 1040 g/mol. The first-order valence-corrected chi connectivity index (χ1v) is 27.9. The molecule has 0 bridgehead atoms. The highest BCUT2D eigenvalue weighted by Crippen LogP contribution is 2.52. The number of hydrogen-bond donors (Lipinski definition) is 0. The van der Waals surface area contributed by atoms with Gasteiger partial charge in [0.05, 0.1) is 28.4 Å². The van der Waals surface area contributed by atoms with Crippen LogP contribution < -0.4 is 26.0 Å². The Morgan fingerprint density at radius 3 is 1.75 bits per heavy atom. The van der Waals surface area contributed by atoms with Crippen LogP contribution in [0.15, 0.2) is 197 Å². The summed E-state index contributed by atoms with van der Waals surface area (Å²) < 4.78 is 24.4. The Morgan fingerprint density at radius 1 is 0.450 bits per heavy atom. The van der Waals surface area contributed by atoms with Crippen molar-refractivity contribution in [3.05, 3.63) is 210 Å². The summed E-state index contributed by atoms with van der Waals surface area (Å²) in [7, 11) is 0. The summed E-state index contributed by atoms with van der Waals surface area (Å²) in [5.41, 5.74) is 20.9. The van der Waals surface area contributed by atoms with Crippen LogP contribution in [0, 0.1) is 11.3 Å². The Hall–Kier alpha value is -9.25. The molecule has 0 atom stereocenters. The molecule has 13 aromatic rings. The fourth-order valence-corrected chi connectivity index (χ4v) is 13.0. The van der Waals surface area contributed by atoms with Crippen LogP contribution in [-0.4, -0.2) is 11.3 Å². The summed E-state index contributed by atoms with van der Waals surface area (Å²) in [5.74, 6) is 1.44. The highest BCUT2D eigenvalue weighted by Gasteiger charge is 2.46. The van der Waals surface area contributed by atoms with Gasteiger partial charge >= 0.3 is 0 Å². The van der Waals surface area contributed by atoms with Gasteiger partial charge in [-0.1, -0.05) is 178 Å². The lowest BCUT2D eigenvalue weighted by molar-refractivity contribution is 0.481. The molecule has 7 heteroatoms.